The van der Waals surface area contributed by atoms with Gasteiger partial charge in [0.15, 0.2) is 15.6 Å². The fourth-order valence-electron chi connectivity index (χ4n) is 10.1. The summed E-state index contributed by atoms with van der Waals surface area (Å²) < 4.78 is 35.7. The number of ether oxygens (including phenoxy) is 2. The van der Waals surface area contributed by atoms with Gasteiger partial charge in [-0.25, -0.2) is 13.2 Å². The molecule has 86 heavy (non-hydrogen) atoms. The highest BCUT2D eigenvalue weighted by Gasteiger charge is 2.26. The monoisotopic (exact) mass is 1240 g/mol. The maximum absolute atomic E-state index is 12.7. The molecule has 3 unspecified atom stereocenters. The van der Waals surface area contributed by atoms with Gasteiger partial charge in [0.1, 0.15) is 41.5 Å². The second-order valence-corrected chi connectivity index (χ2v) is 25.5. The van der Waals surface area contributed by atoms with Crippen molar-refractivity contribution in [3.8, 4) is 0 Å². The minimum absolute atomic E-state index is 0.0339. The van der Waals surface area contributed by atoms with Crippen LogP contribution in [0, 0.1) is 11.8 Å². The largest absolute Gasteiger partial charge is 0.481 e. The van der Waals surface area contributed by atoms with E-state index in [1.807, 2.05) is 6.92 Å². The van der Waals surface area contributed by atoms with Crippen molar-refractivity contribution in [2.75, 3.05) is 44.5 Å². The fourth-order valence-corrected chi connectivity index (χ4v) is 11.4. The maximum atomic E-state index is 12.7. The van der Waals surface area contributed by atoms with Crippen LogP contribution < -0.4 is 16.4 Å². The van der Waals surface area contributed by atoms with E-state index >= 15 is 0 Å². The number of carbonyl (C=O) groups excluding carboxylic acids is 8. The molecule has 22 heteroatoms. The number of aliphatic carboxylic acids is 3. The molecule has 0 saturated carbocycles. The molecular formula is C64H111N3O18S. The molecule has 0 heterocycles. The number of hydrogen-bond acceptors (Lipinski definition) is 15. The van der Waals surface area contributed by atoms with Gasteiger partial charge in [-0.3, -0.25) is 47.9 Å². The van der Waals surface area contributed by atoms with Gasteiger partial charge in [-0.2, -0.15) is 0 Å². The van der Waals surface area contributed by atoms with Crippen molar-refractivity contribution in [3.05, 3.63) is 0 Å². The first kappa shape index (κ1) is 81.0. The first-order valence-corrected chi connectivity index (χ1v) is 34.4. The van der Waals surface area contributed by atoms with Crippen LogP contribution in [0.5, 0.6) is 0 Å². The zero-order chi connectivity index (χ0) is 64.1. The Morgan fingerprint density at radius 3 is 1.37 bits per heavy atom. The predicted molar refractivity (Wildman–Crippen MR) is 329 cm³/mol. The molecule has 0 radical (unpaired) electrons. The van der Waals surface area contributed by atoms with Crippen molar-refractivity contribution in [3.63, 3.8) is 0 Å². The molecule has 0 aliphatic carbocycles. The van der Waals surface area contributed by atoms with Crippen LogP contribution in [-0.2, 0) is 72.1 Å². The topological polar surface area (TPSA) is 351 Å². The summed E-state index contributed by atoms with van der Waals surface area (Å²) in [6, 6.07) is -1.32. The van der Waals surface area contributed by atoms with Crippen LogP contribution in [0.25, 0.3) is 0 Å². The summed E-state index contributed by atoms with van der Waals surface area (Å²) in [5.41, 5.74) is 5.47. The lowest BCUT2D eigenvalue weighted by Crippen LogP contribution is -2.41. The molecule has 0 aromatic carbocycles. The molecule has 0 spiro atoms. The molecule has 3 amide bonds. The van der Waals surface area contributed by atoms with Gasteiger partial charge in [0.2, 0.25) is 17.7 Å². The molecule has 0 rings (SSSR count). The Morgan fingerprint density at radius 1 is 0.419 bits per heavy atom. The molecule has 7 N–H and O–H groups in total. The number of primary amides is 1. The van der Waals surface area contributed by atoms with Gasteiger partial charge in [-0.1, -0.05) is 148 Å². The third kappa shape index (κ3) is 52.2. The summed E-state index contributed by atoms with van der Waals surface area (Å²) in [5.74, 6) is -7.93. The molecule has 0 aliphatic heterocycles. The van der Waals surface area contributed by atoms with E-state index in [1.165, 1.54) is 44.9 Å². The number of carboxylic acid groups (broad SMARTS) is 3. The van der Waals surface area contributed by atoms with E-state index in [0.717, 1.165) is 109 Å². The fraction of sp³-hybridized carbons (Fsp3) is 0.828. The van der Waals surface area contributed by atoms with Gasteiger partial charge in [0.05, 0.1) is 31.5 Å². The van der Waals surface area contributed by atoms with Gasteiger partial charge in [0.25, 0.3) is 0 Å². The van der Waals surface area contributed by atoms with E-state index in [9.17, 15) is 71.4 Å². The van der Waals surface area contributed by atoms with Crippen molar-refractivity contribution in [1.82, 2.24) is 10.6 Å². The summed E-state index contributed by atoms with van der Waals surface area (Å²) >= 11 is 0. The van der Waals surface area contributed by atoms with Crippen LogP contribution in [-0.4, -0.2) is 139 Å². The Morgan fingerprint density at radius 2 is 0.872 bits per heavy atom. The van der Waals surface area contributed by atoms with Gasteiger partial charge >= 0.3 is 17.9 Å². The van der Waals surface area contributed by atoms with Crippen molar-refractivity contribution >= 4 is 74.4 Å². The number of ketones is 5. The standard InChI is InChI=1S/C64H111N3O18S/c1-2-53(68)32-27-23-24-31-51(62(65)77)47-57(72)49-85-45-44-84-43-42-66-59(73)41-38-52(63(78)79)48-55(70)39-40-58(64(80)81)67-60(74)36-28-21-17-13-10-9-11-15-19-25-33-54(69)35-30-46-86(82,83)50-56(71)34-26-20-16-12-7-5-3-4-6-8-14-18-22-29-37-61(75)76/h51-52,58H,2-50H2,1H3,(H2,65,77)(H,66,73)(H,67,74)(H,75,76)(H,78,79)(H,80,81). The molecule has 0 aromatic heterocycles. The first-order chi connectivity index (χ1) is 41.1. The Balaban J connectivity index is 4.01. The highest BCUT2D eigenvalue weighted by Crippen LogP contribution is 2.19. The SMILES string of the molecule is CCC(=O)CCCCCC(CC(=O)COCCOCCNC(=O)CCC(CC(=O)CCC(NC(=O)CCCCCCCCCCCCC(=O)CCCS(=O)(=O)CC(=O)CCCCCCCCCCCCCCCCC(=O)O)C(=O)O)C(=O)O)C(N)=O. The Bertz CT molecular complexity index is 2070. The van der Waals surface area contributed by atoms with Crippen LogP contribution in [0.3, 0.4) is 0 Å². The lowest BCUT2D eigenvalue weighted by atomic mass is 9.94. The number of carboxylic acids is 3. The number of amides is 3. The predicted octanol–water partition coefficient (Wildman–Crippen LogP) is 10.3. The van der Waals surface area contributed by atoms with Crippen molar-refractivity contribution < 1.29 is 86.0 Å². The second-order valence-electron chi connectivity index (χ2n) is 23.3. The van der Waals surface area contributed by atoms with Crippen molar-refractivity contribution in [1.29, 1.82) is 0 Å². The van der Waals surface area contributed by atoms with Gasteiger partial charge in [-0.05, 0) is 57.8 Å². The average Bonchev–Trinajstić information content (AvgIpc) is 3.60. The number of sulfone groups is 1. The molecule has 0 fully saturated rings. The van der Waals surface area contributed by atoms with Crippen LogP contribution in [0.4, 0.5) is 0 Å². The minimum atomic E-state index is -3.53. The highest BCUT2D eigenvalue weighted by molar-refractivity contribution is 7.92. The number of nitrogens with one attached hydrogen (secondary N) is 2. The minimum Gasteiger partial charge on any atom is -0.481 e. The normalized spacial score (nSPS) is 12.5. The zero-order valence-electron chi connectivity index (χ0n) is 52.3. The lowest BCUT2D eigenvalue weighted by molar-refractivity contribution is -0.145. The van der Waals surface area contributed by atoms with E-state index in [-0.39, 0.29) is 126 Å². The molecule has 0 bridgehead atoms. The summed E-state index contributed by atoms with van der Waals surface area (Å²) in [5, 5.41) is 33.1. The van der Waals surface area contributed by atoms with E-state index in [4.69, 9.17) is 20.3 Å². The number of nitrogens with two attached hydrogens (primary N) is 1. The summed E-state index contributed by atoms with van der Waals surface area (Å²) in [6.45, 7) is 2.04. The zero-order valence-corrected chi connectivity index (χ0v) is 53.1. The van der Waals surface area contributed by atoms with Crippen LogP contribution in [0.1, 0.15) is 277 Å². The number of unbranched alkanes of at least 4 members (excludes halogenated alkanes) is 24. The van der Waals surface area contributed by atoms with E-state index in [0.29, 0.717) is 44.9 Å². The van der Waals surface area contributed by atoms with E-state index in [1.54, 1.807) is 0 Å². The second kappa shape index (κ2) is 54.2. The highest BCUT2D eigenvalue weighted by atomic mass is 32.2. The molecule has 0 saturated heterocycles. The molecule has 0 aliphatic rings. The van der Waals surface area contributed by atoms with Crippen LogP contribution in [0.15, 0.2) is 0 Å². The Kier molecular flexibility index (Phi) is 51.1. The van der Waals surface area contributed by atoms with Gasteiger partial charge < -0.3 is 41.2 Å². The van der Waals surface area contributed by atoms with Crippen LogP contribution in [0.2, 0.25) is 0 Å². The van der Waals surface area contributed by atoms with Crippen molar-refractivity contribution in [2.45, 2.75) is 283 Å². The first-order valence-electron chi connectivity index (χ1n) is 32.6. The summed E-state index contributed by atoms with van der Waals surface area (Å²) in [4.78, 5) is 132. The quantitative estimate of drug-likeness (QED) is 0.0308. The molecule has 21 nitrogen and oxygen atoms in total. The van der Waals surface area contributed by atoms with Gasteiger partial charge in [-0.15, -0.1) is 0 Å². The molecule has 496 valence electrons. The number of Topliss-reactive ketones (excluding diaryl/α,β-unsaturated/α-hetero) is 5. The third-order valence-electron chi connectivity index (χ3n) is 15.4. The van der Waals surface area contributed by atoms with Crippen LogP contribution >= 0.6 is 0 Å². The van der Waals surface area contributed by atoms with Crippen molar-refractivity contribution in [2.24, 2.45) is 17.6 Å². The Labute approximate surface area is 513 Å². The third-order valence-corrected chi connectivity index (χ3v) is 17.0. The van der Waals surface area contributed by atoms with Gasteiger partial charge in [0, 0.05) is 83.1 Å². The molecule has 3 atom stereocenters. The lowest BCUT2D eigenvalue weighted by Gasteiger charge is -2.15. The number of carbonyl (C=O) groups is 11. The molecule has 0 aromatic rings. The average molecular weight is 1240 g/mol. The smallest absolute Gasteiger partial charge is 0.326 e. The molecular weight excluding hydrogens is 1130 g/mol. The maximum Gasteiger partial charge on any atom is 0.326 e. The number of hydrogen-bond donors (Lipinski definition) is 6. The van der Waals surface area contributed by atoms with E-state index < -0.39 is 81.3 Å². The summed E-state index contributed by atoms with van der Waals surface area (Å²) in [7, 11) is -3.53. The number of rotatable bonds is 65. The summed E-state index contributed by atoms with van der Waals surface area (Å²) in [6.07, 6.45) is 28.0. The van der Waals surface area contributed by atoms with E-state index in [2.05, 4.69) is 10.6 Å². The Hall–Kier alpha value is -4.96.